The number of hydrogen-bond donors (Lipinski definition) is 2. The minimum absolute atomic E-state index is 0.256. The topological polar surface area (TPSA) is 66.5 Å². The molecular weight excluding hydrogens is 314 g/mol. The molecule has 1 amide bonds. The number of hydrazone groups is 1. The van der Waals surface area contributed by atoms with Crippen molar-refractivity contribution in [2.45, 2.75) is 20.8 Å². The minimum atomic E-state index is -0.256. The summed E-state index contributed by atoms with van der Waals surface area (Å²) < 4.78 is 5.39. The Morgan fingerprint density at radius 2 is 1.96 bits per heavy atom. The van der Waals surface area contributed by atoms with E-state index >= 15 is 0 Å². The molecule has 0 aliphatic heterocycles. The van der Waals surface area contributed by atoms with Crippen molar-refractivity contribution in [3.8, 4) is 5.75 Å². The molecule has 0 bridgehead atoms. The lowest BCUT2D eigenvalue weighted by Gasteiger charge is -2.02. The number of rotatable bonds is 5. The maximum atomic E-state index is 12.4. The highest BCUT2D eigenvalue weighted by atomic mass is 16.5. The van der Waals surface area contributed by atoms with Gasteiger partial charge < -0.3 is 9.72 Å². The number of benzene rings is 2. The van der Waals surface area contributed by atoms with Crippen LogP contribution < -0.4 is 10.2 Å². The molecule has 0 saturated heterocycles. The Morgan fingerprint density at radius 1 is 1.20 bits per heavy atom. The third-order valence-corrected chi connectivity index (χ3v) is 4.01. The Kier molecular flexibility index (Phi) is 4.84. The van der Waals surface area contributed by atoms with Crippen LogP contribution >= 0.6 is 0 Å². The fourth-order valence-electron chi connectivity index (χ4n) is 2.71. The summed E-state index contributed by atoms with van der Waals surface area (Å²) in [6, 6.07) is 13.6. The first-order valence-electron chi connectivity index (χ1n) is 8.23. The van der Waals surface area contributed by atoms with Crippen molar-refractivity contribution in [2.24, 2.45) is 5.10 Å². The van der Waals surface area contributed by atoms with Crippen LogP contribution in [-0.2, 0) is 0 Å². The number of carbonyl (C=O) groups is 1. The van der Waals surface area contributed by atoms with Gasteiger partial charge in [0.2, 0.25) is 0 Å². The van der Waals surface area contributed by atoms with Gasteiger partial charge in [0.15, 0.2) is 0 Å². The van der Waals surface area contributed by atoms with Crippen LogP contribution in [0, 0.1) is 13.8 Å². The van der Waals surface area contributed by atoms with E-state index in [9.17, 15) is 4.79 Å². The normalized spacial score (nSPS) is 11.2. The number of aromatic nitrogens is 1. The highest BCUT2D eigenvalue weighted by Crippen LogP contribution is 2.22. The molecule has 3 rings (SSSR count). The number of amides is 1. The fourth-order valence-corrected chi connectivity index (χ4v) is 2.71. The van der Waals surface area contributed by atoms with Gasteiger partial charge in [-0.3, -0.25) is 4.79 Å². The maximum Gasteiger partial charge on any atom is 0.288 e. The summed E-state index contributed by atoms with van der Waals surface area (Å²) in [6.45, 7) is 6.54. The van der Waals surface area contributed by atoms with E-state index in [0.717, 1.165) is 33.3 Å². The number of fused-ring (bicyclic) bond motifs is 1. The zero-order valence-electron chi connectivity index (χ0n) is 14.6. The molecule has 3 aromatic rings. The Bertz CT molecular complexity index is 924. The maximum absolute atomic E-state index is 12.4. The van der Waals surface area contributed by atoms with Crippen molar-refractivity contribution in [3.63, 3.8) is 0 Å². The molecule has 5 nitrogen and oxygen atoms in total. The number of carbonyl (C=O) groups excluding carboxylic acids is 1. The Hall–Kier alpha value is -3.08. The third-order valence-electron chi connectivity index (χ3n) is 4.01. The molecule has 0 aliphatic carbocycles. The smallest absolute Gasteiger partial charge is 0.288 e. The van der Waals surface area contributed by atoms with Gasteiger partial charge in [0.25, 0.3) is 5.91 Å². The number of hydrogen-bond acceptors (Lipinski definition) is 3. The number of ether oxygens (including phenoxy) is 1. The molecule has 1 aromatic heterocycles. The molecule has 0 spiro atoms. The Morgan fingerprint density at radius 3 is 2.68 bits per heavy atom. The second kappa shape index (κ2) is 7.21. The van der Waals surface area contributed by atoms with E-state index in [1.54, 1.807) is 6.21 Å². The summed E-state index contributed by atoms with van der Waals surface area (Å²) in [6.07, 6.45) is 1.61. The van der Waals surface area contributed by atoms with Crippen LogP contribution in [0.5, 0.6) is 5.75 Å². The third kappa shape index (κ3) is 3.71. The van der Waals surface area contributed by atoms with Crippen LogP contribution in [0.15, 0.2) is 47.6 Å². The van der Waals surface area contributed by atoms with Crippen LogP contribution in [0.1, 0.15) is 34.1 Å². The van der Waals surface area contributed by atoms with Crippen molar-refractivity contribution in [3.05, 3.63) is 64.8 Å². The minimum Gasteiger partial charge on any atom is -0.494 e. The summed E-state index contributed by atoms with van der Waals surface area (Å²) in [5, 5.41) is 5.09. The van der Waals surface area contributed by atoms with Crippen molar-refractivity contribution in [1.29, 1.82) is 0 Å². The molecule has 5 heteroatoms. The molecule has 2 aromatic carbocycles. The number of nitrogens with zero attached hydrogens (tertiary/aromatic N) is 1. The highest BCUT2D eigenvalue weighted by Gasteiger charge is 2.14. The van der Waals surface area contributed by atoms with Crippen molar-refractivity contribution < 1.29 is 9.53 Å². The van der Waals surface area contributed by atoms with Gasteiger partial charge in [-0.25, -0.2) is 5.43 Å². The first kappa shape index (κ1) is 16.8. The summed E-state index contributed by atoms with van der Waals surface area (Å²) in [4.78, 5) is 15.5. The Balaban J connectivity index is 1.71. The van der Waals surface area contributed by atoms with E-state index in [0.29, 0.717) is 12.3 Å². The zero-order valence-corrected chi connectivity index (χ0v) is 14.6. The van der Waals surface area contributed by atoms with Gasteiger partial charge in [-0.1, -0.05) is 11.6 Å². The standard InChI is InChI=1S/C20H21N3O2/c1-4-25-16-8-6-15(7-9-16)12-21-23-20(24)19-14(3)17-11-13(2)5-10-18(17)22-19/h5-12,22H,4H2,1-3H3,(H,23,24). The summed E-state index contributed by atoms with van der Waals surface area (Å²) >= 11 is 0. The molecule has 0 saturated carbocycles. The van der Waals surface area contributed by atoms with Gasteiger partial charge in [-0.2, -0.15) is 5.10 Å². The van der Waals surface area contributed by atoms with Crippen molar-refractivity contribution in [1.82, 2.24) is 10.4 Å². The molecule has 1 heterocycles. The SMILES string of the molecule is CCOc1ccc(C=NNC(=O)c2[nH]c3ccc(C)cc3c2C)cc1. The van der Waals surface area contributed by atoms with Gasteiger partial charge in [0.1, 0.15) is 11.4 Å². The largest absolute Gasteiger partial charge is 0.494 e. The Labute approximate surface area is 146 Å². The lowest BCUT2D eigenvalue weighted by molar-refractivity contribution is 0.0950. The summed E-state index contributed by atoms with van der Waals surface area (Å²) in [5.74, 6) is 0.557. The highest BCUT2D eigenvalue weighted by molar-refractivity contribution is 6.01. The second-order valence-electron chi connectivity index (χ2n) is 5.88. The molecule has 2 N–H and O–H groups in total. The summed E-state index contributed by atoms with van der Waals surface area (Å²) in [7, 11) is 0. The molecule has 0 aliphatic rings. The molecule has 0 fully saturated rings. The molecule has 0 unspecified atom stereocenters. The monoisotopic (exact) mass is 335 g/mol. The molecule has 0 atom stereocenters. The van der Waals surface area contributed by atoms with Gasteiger partial charge in [0.05, 0.1) is 12.8 Å². The predicted molar refractivity (Wildman–Crippen MR) is 100 cm³/mol. The van der Waals surface area contributed by atoms with Crippen LogP contribution in [0.2, 0.25) is 0 Å². The van der Waals surface area contributed by atoms with Crippen molar-refractivity contribution >= 4 is 23.0 Å². The first-order valence-corrected chi connectivity index (χ1v) is 8.23. The quantitative estimate of drug-likeness (QED) is 0.548. The van der Waals surface area contributed by atoms with E-state index in [1.165, 1.54) is 0 Å². The van der Waals surface area contributed by atoms with Crippen LogP contribution in [0.25, 0.3) is 10.9 Å². The van der Waals surface area contributed by atoms with Gasteiger partial charge in [0, 0.05) is 10.9 Å². The molecular formula is C20H21N3O2. The van der Waals surface area contributed by atoms with Crippen LogP contribution in [0.3, 0.4) is 0 Å². The summed E-state index contributed by atoms with van der Waals surface area (Å²) in [5.41, 5.74) is 7.02. The van der Waals surface area contributed by atoms with Gasteiger partial charge in [-0.05, 0) is 68.3 Å². The lowest BCUT2D eigenvalue weighted by Crippen LogP contribution is -2.18. The van der Waals surface area contributed by atoms with Gasteiger partial charge >= 0.3 is 0 Å². The van der Waals surface area contributed by atoms with Crippen LogP contribution in [0.4, 0.5) is 0 Å². The number of aromatic amines is 1. The molecule has 25 heavy (non-hydrogen) atoms. The zero-order chi connectivity index (χ0) is 17.8. The second-order valence-corrected chi connectivity index (χ2v) is 5.88. The predicted octanol–water partition coefficient (Wildman–Crippen LogP) is 3.95. The first-order chi connectivity index (χ1) is 12.1. The number of nitrogens with one attached hydrogen (secondary N) is 2. The average Bonchev–Trinajstić information content (AvgIpc) is 2.93. The van der Waals surface area contributed by atoms with E-state index in [1.807, 2.05) is 57.2 Å². The molecule has 128 valence electrons. The van der Waals surface area contributed by atoms with E-state index in [2.05, 4.69) is 21.6 Å². The van der Waals surface area contributed by atoms with Gasteiger partial charge in [-0.15, -0.1) is 0 Å². The van der Waals surface area contributed by atoms with Crippen LogP contribution in [-0.4, -0.2) is 23.7 Å². The van der Waals surface area contributed by atoms with E-state index in [4.69, 9.17) is 4.74 Å². The number of aryl methyl sites for hydroxylation is 2. The fraction of sp³-hybridized carbons (Fsp3) is 0.200. The number of H-pyrrole nitrogens is 1. The lowest BCUT2D eigenvalue weighted by atomic mass is 10.1. The molecule has 0 radical (unpaired) electrons. The van der Waals surface area contributed by atoms with Crippen molar-refractivity contribution in [2.75, 3.05) is 6.61 Å². The van der Waals surface area contributed by atoms with E-state index in [-0.39, 0.29) is 5.91 Å². The van der Waals surface area contributed by atoms with E-state index < -0.39 is 0 Å². The average molecular weight is 335 g/mol.